The molecule has 2 rings (SSSR count). The lowest BCUT2D eigenvalue weighted by molar-refractivity contribution is 0.753. The SMILES string of the molecule is CCn1c(=O)cnc2c(C)cccc21. The Bertz CT molecular complexity index is 528. The van der Waals surface area contributed by atoms with Gasteiger partial charge in [0.1, 0.15) is 0 Å². The van der Waals surface area contributed by atoms with Crippen molar-refractivity contribution in [2.24, 2.45) is 0 Å². The van der Waals surface area contributed by atoms with E-state index in [0.717, 1.165) is 16.6 Å². The topological polar surface area (TPSA) is 34.9 Å². The molecule has 0 amide bonds. The van der Waals surface area contributed by atoms with Crippen LogP contribution in [-0.4, -0.2) is 9.55 Å². The number of benzene rings is 1. The maximum atomic E-state index is 11.5. The minimum absolute atomic E-state index is 0.0365. The summed E-state index contributed by atoms with van der Waals surface area (Å²) in [4.78, 5) is 15.6. The van der Waals surface area contributed by atoms with E-state index in [1.54, 1.807) is 4.57 Å². The van der Waals surface area contributed by atoms with Crippen LogP contribution in [-0.2, 0) is 6.54 Å². The summed E-state index contributed by atoms with van der Waals surface area (Å²) in [6.07, 6.45) is 1.39. The summed E-state index contributed by atoms with van der Waals surface area (Å²) in [5.74, 6) is 0. The van der Waals surface area contributed by atoms with Crippen LogP contribution >= 0.6 is 0 Å². The van der Waals surface area contributed by atoms with Crippen molar-refractivity contribution < 1.29 is 0 Å². The lowest BCUT2D eigenvalue weighted by atomic mass is 10.2. The second kappa shape index (κ2) is 3.25. The van der Waals surface area contributed by atoms with Crippen LogP contribution in [0.15, 0.2) is 29.2 Å². The van der Waals surface area contributed by atoms with E-state index < -0.39 is 0 Å². The van der Waals surface area contributed by atoms with Gasteiger partial charge in [0.25, 0.3) is 5.56 Å². The molecule has 0 aliphatic heterocycles. The van der Waals surface area contributed by atoms with E-state index in [1.165, 1.54) is 6.20 Å². The Labute approximate surface area is 82.0 Å². The predicted molar refractivity (Wildman–Crippen MR) is 56.4 cm³/mol. The smallest absolute Gasteiger partial charge is 0.269 e. The first-order valence-electron chi connectivity index (χ1n) is 4.69. The molecule has 14 heavy (non-hydrogen) atoms. The molecule has 0 spiro atoms. The number of fused-ring (bicyclic) bond motifs is 1. The first-order valence-corrected chi connectivity index (χ1v) is 4.69. The van der Waals surface area contributed by atoms with Crippen molar-refractivity contribution in [3.63, 3.8) is 0 Å². The third kappa shape index (κ3) is 1.21. The number of para-hydroxylation sites is 1. The maximum absolute atomic E-state index is 11.5. The molecule has 0 N–H and O–H groups in total. The number of hydrogen-bond donors (Lipinski definition) is 0. The largest absolute Gasteiger partial charge is 0.306 e. The average molecular weight is 188 g/mol. The molecule has 0 radical (unpaired) electrons. The minimum Gasteiger partial charge on any atom is -0.306 e. The van der Waals surface area contributed by atoms with Crippen molar-refractivity contribution in [1.82, 2.24) is 9.55 Å². The molecule has 0 saturated heterocycles. The predicted octanol–water partition coefficient (Wildman–Crippen LogP) is 1.72. The van der Waals surface area contributed by atoms with Gasteiger partial charge in [-0.3, -0.25) is 4.79 Å². The van der Waals surface area contributed by atoms with Crippen molar-refractivity contribution in [1.29, 1.82) is 0 Å². The molecule has 1 aromatic carbocycles. The summed E-state index contributed by atoms with van der Waals surface area (Å²) in [5.41, 5.74) is 2.89. The Kier molecular flexibility index (Phi) is 2.08. The number of nitrogens with zero attached hydrogens (tertiary/aromatic N) is 2. The molecule has 0 aliphatic rings. The third-order valence-electron chi connectivity index (χ3n) is 2.39. The van der Waals surface area contributed by atoms with Crippen molar-refractivity contribution in [3.8, 4) is 0 Å². The second-order valence-corrected chi connectivity index (χ2v) is 3.28. The highest BCUT2D eigenvalue weighted by Gasteiger charge is 2.03. The maximum Gasteiger partial charge on any atom is 0.269 e. The molecule has 0 atom stereocenters. The van der Waals surface area contributed by atoms with Crippen LogP contribution in [0.5, 0.6) is 0 Å². The second-order valence-electron chi connectivity index (χ2n) is 3.28. The van der Waals surface area contributed by atoms with Crippen LogP contribution in [0, 0.1) is 6.92 Å². The zero-order valence-corrected chi connectivity index (χ0v) is 8.32. The van der Waals surface area contributed by atoms with Gasteiger partial charge in [-0.1, -0.05) is 12.1 Å². The van der Waals surface area contributed by atoms with Crippen LogP contribution in [0.25, 0.3) is 11.0 Å². The molecule has 0 fully saturated rings. The summed E-state index contributed by atoms with van der Waals surface area (Å²) >= 11 is 0. The van der Waals surface area contributed by atoms with Gasteiger partial charge in [-0.2, -0.15) is 0 Å². The Balaban J connectivity index is 2.95. The fourth-order valence-corrected chi connectivity index (χ4v) is 1.66. The molecular weight excluding hydrogens is 176 g/mol. The van der Waals surface area contributed by atoms with Crippen LogP contribution < -0.4 is 5.56 Å². The molecule has 72 valence electrons. The van der Waals surface area contributed by atoms with Crippen molar-refractivity contribution in [2.45, 2.75) is 20.4 Å². The number of rotatable bonds is 1. The molecular formula is C11H12N2O. The lowest BCUT2D eigenvalue weighted by Gasteiger charge is -2.07. The average Bonchev–Trinajstić information content (AvgIpc) is 2.18. The summed E-state index contributed by atoms with van der Waals surface area (Å²) in [7, 11) is 0. The van der Waals surface area contributed by atoms with Crippen LogP contribution in [0.1, 0.15) is 12.5 Å². The molecule has 0 aliphatic carbocycles. The molecule has 1 heterocycles. The van der Waals surface area contributed by atoms with E-state index in [1.807, 2.05) is 32.0 Å². The van der Waals surface area contributed by atoms with Gasteiger partial charge in [0, 0.05) is 6.54 Å². The highest BCUT2D eigenvalue weighted by atomic mass is 16.1. The van der Waals surface area contributed by atoms with Gasteiger partial charge in [0.2, 0.25) is 0 Å². The highest BCUT2D eigenvalue weighted by molar-refractivity contribution is 5.77. The van der Waals surface area contributed by atoms with Crippen LogP contribution in [0.3, 0.4) is 0 Å². The monoisotopic (exact) mass is 188 g/mol. The summed E-state index contributed by atoms with van der Waals surface area (Å²) in [5, 5.41) is 0. The van der Waals surface area contributed by atoms with Gasteiger partial charge in [-0.25, -0.2) is 4.98 Å². The van der Waals surface area contributed by atoms with E-state index in [4.69, 9.17) is 0 Å². The number of aryl methyl sites for hydroxylation is 2. The molecule has 0 saturated carbocycles. The highest BCUT2D eigenvalue weighted by Crippen LogP contribution is 2.13. The Morgan fingerprint density at radius 3 is 2.93 bits per heavy atom. The van der Waals surface area contributed by atoms with Crippen molar-refractivity contribution in [3.05, 3.63) is 40.3 Å². The minimum atomic E-state index is -0.0365. The first-order chi connectivity index (χ1) is 6.74. The Morgan fingerprint density at radius 1 is 1.43 bits per heavy atom. The van der Waals surface area contributed by atoms with E-state index in [2.05, 4.69) is 4.98 Å². The van der Waals surface area contributed by atoms with Gasteiger partial charge in [-0.15, -0.1) is 0 Å². The number of hydrogen-bond acceptors (Lipinski definition) is 2. The van der Waals surface area contributed by atoms with Gasteiger partial charge in [0.15, 0.2) is 0 Å². The molecule has 3 nitrogen and oxygen atoms in total. The van der Waals surface area contributed by atoms with Crippen molar-refractivity contribution >= 4 is 11.0 Å². The lowest BCUT2D eigenvalue weighted by Crippen LogP contribution is -2.19. The zero-order valence-electron chi connectivity index (χ0n) is 8.32. The summed E-state index contributed by atoms with van der Waals surface area (Å²) < 4.78 is 1.73. The van der Waals surface area contributed by atoms with Gasteiger partial charge >= 0.3 is 0 Å². The van der Waals surface area contributed by atoms with Crippen molar-refractivity contribution in [2.75, 3.05) is 0 Å². The fourth-order valence-electron chi connectivity index (χ4n) is 1.66. The first kappa shape index (κ1) is 8.94. The van der Waals surface area contributed by atoms with Gasteiger partial charge < -0.3 is 4.57 Å². The molecule has 0 unspecified atom stereocenters. The quantitative estimate of drug-likeness (QED) is 0.683. The number of aromatic nitrogens is 2. The normalized spacial score (nSPS) is 10.7. The zero-order chi connectivity index (χ0) is 10.1. The summed E-state index contributed by atoms with van der Waals surface area (Å²) in [6, 6.07) is 5.88. The Hall–Kier alpha value is -1.64. The van der Waals surface area contributed by atoms with Gasteiger partial charge in [-0.05, 0) is 25.5 Å². The Morgan fingerprint density at radius 2 is 2.21 bits per heavy atom. The third-order valence-corrected chi connectivity index (χ3v) is 2.39. The molecule has 1 aromatic heterocycles. The van der Waals surface area contributed by atoms with E-state index >= 15 is 0 Å². The standard InChI is InChI=1S/C11H12N2O/c1-3-13-9-6-4-5-8(2)11(9)12-7-10(13)14/h4-7H,3H2,1-2H3. The van der Waals surface area contributed by atoms with Crippen LogP contribution in [0.4, 0.5) is 0 Å². The van der Waals surface area contributed by atoms with Gasteiger partial charge in [0.05, 0.1) is 17.2 Å². The molecule has 2 aromatic rings. The molecule has 0 bridgehead atoms. The fraction of sp³-hybridized carbons (Fsp3) is 0.273. The van der Waals surface area contributed by atoms with E-state index in [9.17, 15) is 4.79 Å². The van der Waals surface area contributed by atoms with Crippen LogP contribution in [0.2, 0.25) is 0 Å². The molecule has 3 heteroatoms. The van der Waals surface area contributed by atoms with E-state index in [-0.39, 0.29) is 5.56 Å². The van der Waals surface area contributed by atoms with E-state index in [0.29, 0.717) is 6.54 Å². The summed E-state index contributed by atoms with van der Waals surface area (Å²) in [6.45, 7) is 4.64.